The highest BCUT2D eigenvalue weighted by atomic mass is 19.3. The molecule has 5 rings (SSSR count). The van der Waals surface area contributed by atoms with Crippen molar-refractivity contribution in [2.45, 2.75) is 32.4 Å². The number of aliphatic hydroxyl groups excluding tert-OH is 1. The van der Waals surface area contributed by atoms with Crippen molar-refractivity contribution < 1.29 is 42.2 Å². The zero-order chi connectivity index (χ0) is 30.3. The Morgan fingerprint density at radius 2 is 1.64 bits per heavy atom. The molecule has 0 fully saturated rings. The van der Waals surface area contributed by atoms with Crippen molar-refractivity contribution in [1.29, 1.82) is 0 Å². The molecule has 0 bridgehead atoms. The number of benzene rings is 2. The molecule has 1 aromatic heterocycles. The van der Waals surface area contributed by atoms with Gasteiger partial charge in [0, 0.05) is 6.20 Å². The van der Waals surface area contributed by atoms with Crippen LogP contribution in [0.5, 0.6) is 0 Å². The lowest BCUT2D eigenvalue weighted by molar-refractivity contribution is -0.150. The summed E-state index contributed by atoms with van der Waals surface area (Å²) in [5.41, 5.74) is 1.08. The van der Waals surface area contributed by atoms with Crippen LogP contribution in [-0.2, 0) is 16.0 Å². The summed E-state index contributed by atoms with van der Waals surface area (Å²) in [5, 5.41) is 11.2. The molecular weight excluding hydrogens is 555 g/mol. The number of anilines is 1. The number of nitrogens with zero attached hydrogens (tertiary/aromatic N) is 3. The van der Waals surface area contributed by atoms with Gasteiger partial charge in [-0.1, -0.05) is 24.3 Å². The molecule has 2 aliphatic rings. The number of hydrogen-bond acceptors (Lipinski definition) is 8. The number of aromatic nitrogens is 1. The molecule has 0 saturated carbocycles. The number of amides is 2. The number of ether oxygens (including phenoxy) is 1. The number of esters is 1. The number of carbonyl (C=O) groups is 4. The summed E-state index contributed by atoms with van der Waals surface area (Å²) in [6, 6.07) is 11.4. The maximum Gasteiger partial charge on any atom is 0.321 e. The van der Waals surface area contributed by atoms with E-state index in [1.165, 1.54) is 49.5 Å². The first-order valence-corrected chi connectivity index (χ1v) is 13.1. The van der Waals surface area contributed by atoms with Gasteiger partial charge in [0.25, 0.3) is 17.7 Å². The third kappa shape index (κ3) is 5.13. The van der Waals surface area contributed by atoms with Gasteiger partial charge in [0.15, 0.2) is 5.92 Å². The van der Waals surface area contributed by atoms with E-state index < -0.39 is 60.5 Å². The van der Waals surface area contributed by atoms with Crippen molar-refractivity contribution in [3.05, 3.63) is 94.1 Å². The van der Waals surface area contributed by atoms with E-state index in [4.69, 9.17) is 4.74 Å². The Kier molecular flexibility index (Phi) is 7.58. The van der Waals surface area contributed by atoms with E-state index in [1.807, 2.05) is 0 Å². The SMILES string of the molecule is CCOC(=O)C1C(=O)c2ncc(Cc3ccc(F)cc3)c(C)c2N(CC(F)(F)CN2C(=O)c3ccccc3C2=O)C1O. The van der Waals surface area contributed by atoms with Crippen LogP contribution in [0.1, 0.15) is 54.8 Å². The second-order valence-corrected chi connectivity index (χ2v) is 10.1. The zero-order valence-electron chi connectivity index (χ0n) is 22.6. The number of aliphatic hydroxyl groups is 1. The first-order chi connectivity index (χ1) is 19.9. The van der Waals surface area contributed by atoms with Crippen LogP contribution in [-0.4, -0.2) is 70.4 Å². The van der Waals surface area contributed by atoms with Crippen LogP contribution >= 0.6 is 0 Å². The highest BCUT2D eigenvalue weighted by Crippen LogP contribution is 2.39. The van der Waals surface area contributed by atoms with E-state index in [2.05, 4.69) is 4.98 Å². The minimum Gasteiger partial charge on any atom is -0.465 e. The van der Waals surface area contributed by atoms with Gasteiger partial charge in [-0.25, -0.2) is 13.2 Å². The molecule has 0 spiro atoms. The molecule has 0 saturated heterocycles. The van der Waals surface area contributed by atoms with E-state index >= 15 is 8.78 Å². The quantitative estimate of drug-likeness (QED) is 0.244. The lowest BCUT2D eigenvalue weighted by Crippen LogP contribution is -2.57. The molecule has 2 aromatic carbocycles. The Bertz CT molecular complexity index is 1560. The Morgan fingerprint density at radius 3 is 2.24 bits per heavy atom. The maximum atomic E-state index is 15.7. The number of hydrogen-bond donors (Lipinski definition) is 1. The Balaban J connectivity index is 1.52. The second-order valence-electron chi connectivity index (χ2n) is 10.1. The number of imide groups is 1. The summed E-state index contributed by atoms with van der Waals surface area (Å²) >= 11 is 0. The van der Waals surface area contributed by atoms with Crippen LogP contribution < -0.4 is 4.90 Å². The average Bonchev–Trinajstić information content (AvgIpc) is 3.18. The molecule has 0 aliphatic carbocycles. The summed E-state index contributed by atoms with van der Waals surface area (Å²) in [7, 11) is 0. The maximum absolute atomic E-state index is 15.7. The van der Waals surface area contributed by atoms with Crippen LogP contribution in [0.4, 0.5) is 18.9 Å². The van der Waals surface area contributed by atoms with Gasteiger partial charge >= 0.3 is 5.97 Å². The van der Waals surface area contributed by atoms with E-state index in [9.17, 15) is 28.7 Å². The number of halogens is 3. The third-order valence-corrected chi connectivity index (χ3v) is 7.35. The van der Waals surface area contributed by atoms with E-state index in [-0.39, 0.29) is 35.5 Å². The van der Waals surface area contributed by atoms with Crippen molar-refractivity contribution in [1.82, 2.24) is 9.88 Å². The van der Waals surface area contributed by atoms with E-state index in [0.29, 0.717) is 21.6 Å². The highest BCUT2D eigenvalue weighted by molar-refractivity contribution is 6.21. The number of ketones is 1. The van der Waals surface area contributed by atoms with Gasteiger partial charge in [-0.05, 0) is 61.2 Å². The molecule has 2 amide bonds. The Morgan fingerprint density at radius 1 is 1.02 bits per heavy atom. The monoisotopic (exact) mass is 581 g/mol. The fourth-order valence-electron chi connectivity index (χ4n) is 5.30. The highest BCUT2D eigenvalue weighted by Gasteiger charge is 2.50. The van der Waals surface area contributed by atoms with Crippen LogP contribution in [0, 0.1) is 18.7 Å². The predicted octanol–water partition coefficient (Wildman–Crippen LogP) is 3.55. The lowest BCUT2D eigenvalue weighted by Gasteiger charge is -2.41. The molecule has 42 heavy (non-hydrogen) atoms. The number of fused-ring (bicyclic) bond motifs is 2. The van der Waals surface area contributed by atoms with Crippen molar-refractivity contribution in [2.24, 2.45) is 5.92 Å². The van der Waals surface area contributed by atoms with Gasteiger partial charge in [0.1, 0.15) is 17.7 Å². The molecule has 2 unspecified atom stereocenters. The molecule has 12 heteroatoms. The fraction of sp³-hybridized carbons (Fsp3) is 0.300. The average molecular weight is 582 g/mol. The number of carbonyl (C=O) groups excluding carboxylic acids is 4. The molecule has 1 N–H and O–H groups in total. The lowest BCUT2D eigenvalue weighted by atomic mass is 9.88. The summed E-state index contributed by atoms with van der Waals surface area (Å²) in [6.45, 7) is 0.349. The normalized spacial score (nSPS) is 18.3. The summed E-state index contributed by atoms with van der Waals surface area (Å²) in [4.78, 5) is 56.9. The first kappa shape index (κ1) is 28.9. The number of alkyl halides is 2. The van der Waals surface area contributed by atoms with E-state index in [0.717, 1.165) is 4.90 Å². The largest absolute Gasteiger partial charge is 0.465 e. The molecule has 218 valence electrons. The van der Waals surface area contributed by atoms with Gasteiger partial charge in [0.2, 0.25) is 5.78 Å². The van der Waals surface area contributed by atoms with Crippen LogP contribution in [0.25, 0.3) is 0 Å². The number of rotatable bonds is 8. The predicted molar refractivity (Wildman–Crippen MR) is 143 cm³/mol. The van der Waals surface area contributed by atoms with Crippen LogP contribution in [0.15, 0.2) is 54.7 Å². The van der Waals surface area contributed by atoms with Gasteiger partial charge in [-0.3, -0.25) is 29.1 Å². The van der Waals surface area contributed by atoms with Crippen molar-refractivity contribution in [2.75, 3.05) is 24.6 Å². The van der Waals surface area contributed by atoms with Crippen molar-refractivity contribution in [3.8, 4) is 0 Å². The second kappa shape index (κ2) is 11.0. The molecule has 2 aliphatic heterocycles. The van der Waals surface area contributed by atoms with Crippen LogP contribution in [0.2, 0.25) is 0 Å². The molecule has 2 atom stereocenters. The van der Waals surface area contributed by atoms with Gasteiger partial charge in [0.05, 0.1) is 36.5 Å². The molecular formula is C30H26F3N3O6. The van der Waals surface area contributed by atoms with Crippen molar-refractivity contribution >= 4 is 29.3 Å². The van der Waals surface area contributed by atoms with Crippen LogP contribution in [0.3, 0.4) is 0 Å². The zero-order valence-corrected chi connectivity index (χ0v) is 22.6. The molecule has 9 nitrogen and oxygen atoms in total. The van der Waals surface area contributed by atoms with Gasteiger partial charge < -0.3 is 14.7 Å². The van der Waals surface area contributed by atoms with Gasteiger partial charge in [-0.15, -0.1) is 0 Å². The topological polar surface area (TPSA) is 117 Å². The molecule has 3 aromatic rings. The summed E-state index contributed by atoms with van der Waals surface area (Å²) < 4.78 is 49.8. The van der Waals surface area contributed by atoms with Crippen molar-refractivity contribution in [3.63, 3.8) is 0 Å². The number of Topliss-reactive ketones (excluding diaryl/α,β-unsaturated/α-hetero) is 1. The first-order valence-electron chi connectivity index (χ1n) is 13.1. The smallest absolute Gasteiger partial charge is 0.321 e. The summed E-state index contributed by atoms with van der Waals surface area (Å²) in [6.07, 6.45) is -0.486. The summed E-state index contributed by atoms with van der Waals surface area (Å²) in [5.74, 6) is -9.87. The standard InChI is InChI=1S/C30H26F3N3O6/c1-3-42-29(41)22-25(37)23-24(16(2)18(13-34-23)12-17-8-10-19(31)11-9-17)35(28(22)40)14-30(32,33)15-36-26(38)20-6-4-5-7-21(20)27(36)39/h4-11,13,22,28,40H,3,12,14-15H2,1-2H3. The third-order valence-electron chi connectivity index (χ3n) is 7.35. The minimum absolute atomic E-state index is 0.0000964. The Labute approximate surface area is 238 Å². The Hall–Kier alpha value is -4.58. The van der Waals surface area contributed by atoms with Gasteiger partial charge in [-0.2, -0.15) is 0 Å². The molecule has 3 heterocycles. The van der Waals surface area contributed by atoms with E-state index in [1.54, 1.807) is 19.1 Å². The fourth-order valence-corrected chi connectivity index (χ4v) is 5.30. The molecule has 0 radical (unpaired) electrons. The number of pyridine rings is 1. The minimum atomic E-state index is -3.80.